The van der Waals surface area contributed by atoms with E-state index in [0.717, 1.165) is 18.7 Å². The molecular weight excluding hydrogens is 212 g/mol. The first kappa shape index (κ1) is 10.8. The number of para-hydroxylation sites is 1. The molecule has 1 aliphatic heterocycles. The zero-order valence-electron chi connectivity index (χ0n) is 9.98. The van der Waals surface area contributed by atoms with Crippen LogP contribution in [0.3, 0.4) is 0 Å². The van der Waals surface area contributed by atoms with Gasteiger partial charge in [-0.2, -0.15) is 0 Å². The van der Waals surface area contributed by atoms with Crippen molar-refractivity contribution in [2.45, 2.75) is 31.1 Å². The molecule has 90 valence electrons. The number of hydrogen-bond acceptors (Lipinski definition) is 2. The fourth-order valence-corrected chi connectivity index (χ4v) is 2.82. The fraction of sp³-hybridized carbons (Fsp3) is 0.500. The van der Waals surface area contributed by atoms with E-state index < -0.39 is 0 Å². The van der Waals surface area contributed by atoms with E-state index in [1.165, 1.54) is 18.4 Å². The second-order valence-electron chi connectivity index (χ2n) is 5.17. The van der Waals surface area contributed by atoms with Gasteiger partial charge in [-0.15, -0.1) is 0 Å². The van der Waals surface area contributed by atoms with Crippen molar-refractivity contribution in [2.24, 2.45) is 5.73 Å². The molecule has 0 unspecified atom stereocenters. The molecule has 1 aliphatic carbocycles. The van der Waals surface area contributed by atoms with Crippen molar-refractivity contribution in [1.82, 2.24) is 0 Å². The summed E-state index contributed by atoms with van der Waals surface area (Å²) in [7, 11) is 0. The lowest BCUT2D eigenvalue weighted by molar-refractivity contribution is -0.118. The minimum atomic E-state index is 0.228. The molecule has 0 atom stereocenters. The molecule has 0 saturated heterocycles. The number of carbonyl (C=O) groups is 1. The Kier molecular flexibility index (Phi) is 2.44. The van der Waals surface area contributed by atoms with Crippen LogP contribution in [0, 0.1) is 0 Å². The van der Waals surface area contributed by atoms with E-state index in [0.29, 0.717) is 18.4 Å². The Morgan fingerprint density at radius 1 is 1.35 bits per heavy atom. The number of carbonyl (C=O) groups excluding carboxylic acids is 1. The molecule has 17 heavy (non-hydrogen) atoms. The van der Waals surface area contributed by atoms with E-state index >= 15 is 0 Å². The number of nitrogens with two attached hydrogens (primary N) is 1. The summed E-state index contributed by atoms with van der Waals surface area (Å²) in [5, 5.41) is 0. The molecule has 1 saturated carbocycles. The lowest BCUT2D eigenvalue weighted by Gasteiger charge is -2.17. The first-order chi connectivity index (χ1) is 8.27. The van der Waals surface area contributed by atoms with Crippen LogP contribution in [-0.4, -0.2) is 19.0 Å². The van der Waals surface area contributed by atoms with Crippen LogP contribution in [0.1, 0.15) is 31.2 Å². The van der Waals surface area contributed by atoms with Gasteiger partial charge in [0.25, 0.3) is 0 Å². The van der Waals surface area contributed by atoms with E-state index in [1.807, 2.05) is 11.0 Å². The highest BCUT2D eigenvalue weighted by atomic mass is 16.2. The fourth-order valence-electron chi connectivity index (χ4n) is 2.82. The Bertz CT molecular complexity index is 451. The summed E-state index contributed by atoms with van der Waals surface area (Å²) in [4.78, 5) is 14.1. The number of fused-ring (bicyclic) bond motifs is 2. The van der Waals surface area contributed by atoms with Crippen molar-refractivity contribution >= 4 is 11.6 Å². The summed E-state index contributed by atoms with van der Waals surface area (Å²) in [5.74, 6) is 0.228. The highest BCUT2D eigenvalue weighted by molar-refractivity contribution is 5.96. The summed E-state index contributed by atoms with van der Waals surface area (Å²) in [5.41, 5.74) is 8.27. The average molecular weight is 230 g/mol. The topological polar surface area (TPSA) is 46.3 Å². The van der Waals surface area contributed by atoms with Gasteiger partial charge in [0.15, 0.2) is 0 Å². The quantitative estimate of drug-likeness (QED) is 0.860. The molecule has 2 aliphatic rings. The van der Waals surface area contributed by atoms with Gasteiger partial charge in [-0.1, -0.05) is 18.2 Å². The highest BCUT2D eigenvalue weighted by Crippen LogP contribution is 2.56. The van der Waals surface area contributed by atoms with Gasteiger partial charge in [-0.25, -0.2) is 0 Å². The van der Waals surface area contributed by atoms with Gasteiger partial charge in [0.05, 0.1) is 0 Å². The van der Waals surface area contributed by atoms with Gasteiger partial charge in [0.1, 0.15) is 0 Å². The van der Waals surface area contributed by atoms with Crippen molar-refractivity contribution in [2.75, 3.05) is 18.0 Å². The van der Waals surface area contributed by atoms with Crippen molar-refractivity contribution in [1.29, 1.82) is 0 Å². The highest BCUT2D eigenvalue weighted by Gasteiger charge is 2.52. The van der Waals surface area contributed by atoms with E-state index in [-0.39, 0.29) is 5.91 Å². The van der Waals surface area contributed by atoms with Crippen LogP contribution in [0.2, 0.25) is 0 Å². The minimum Gasteiger partial charge on any atom is -0.330 e. The smallest absolute Gasteiger partial charge is 0.227 e. The predicted molar refractivity (Wildman–Crippen MR) is 68.0 cm³/mol. The van der Waals surface area contributed by atoms with Gasteiger partial charge in [-0.3, -0.25) is 4.79 Å². The Morgan fingerprint density at radius 3 is 2.82 bits per heavy atom. The number of hydrogen-bond donors (Lipinski definition) is 1. The summed E-state index contributed by atoms with van der Waals surface area (Å²) in [6.07, 6.45) is 3.81. The van der Waals surface area contributed by atoms with Crippen molar-refractivity contribution in [3.8, 4) is 0 Å². The Labute approximate surface area is 102 Å². The Morgan fingerprint density at radius 2 is 2.12 bits per heavy atom. The minimum absolute atomic E-state index is 0.228. The van der Waals surface area contributed by atoms with E-state index in [1.54, 1.807) is 0 Å². The SMILES string of the molecule is NCCCC(=O)N1CC2(CC2)c2ccccc21. The summed E-state index contributed by atoms with van der Waals surface area (Å²) in [6, 6.07) is 8.34. The molecule has 3 rings (SSSR count). The molecule has 2 N–H and O–H groups in total. The largest absolute Gasteiger partial charge is 0.330 e. The van der Waals surface area contributed by atoms with Gasteiger partial charge in [0, 0.05) is 24.1 Å². The molecule has 0 radical (unpaired) electrons. The van der Waals surface area contributed by atoms with Crippen LogP contribution >= 0.6 is 0 Å². The molecule has 3 nitrogen and oxygen atoms in total. The van der Waals surface area contributed by atoms with Gasteiger partial charge in [0.2, 0.25) is 5.91 Å². The van der Waals surface area contributed by atoms with E-state index in [4.69, 9.17) is 5.73 Å². The molecule has 1 fully saturated rings. The molecular formula is C14H18N2O. The second-order valence-corrected chi connectivity index (χ2v) is 5.17. The molecule has 0 bridgehead atoms. The van der Waals surface area contributed by atoms with E-state index in [2.05, 4.69) is 18.2 Å². The maximum atomic E-state index is 12.2. The maximum Gasteiger partial charge on any atom is 0.227 e. The third-order valence-electron chi connectivity index (χ3n) is 3.98. The molecule has 1 spiro atoms. The average Bonchev–Trinajstić information content (AvgIpc) is 3.06. The zero-order valence-corrected chi connectivity index (χ0v) is 9.98. The number of nitrogens with zero attached hydrogens (tertiary/aromatic N) is 1. The Hall–Kier alpha value is -1.35. The number of anilines is 1. The molecule has 1 aromatic rings. The first-order valence-electron chi connectivity index (χ1n) is 6.37. The Balaban J connectivity index is 1.87. The summed E-state index contributed by atoms with van der Waals surface area (Å²) < 4.78 is 0. The van der Waals surface area contributed by atoms with Crippen LogP contribution in [0.15, 0.2) is 24.3 Å². The lowest BCUT2D eigenvalue weighted by atomic mass is 9.99. The second kappa shape index (κ2) is 3.84. The van der Waals surface area contributed by atoms with Crippen LogP contribution in [0.25, 0.3) is 0 Å². The van der Waals surface area contributed by atoms with Crippen LogP contribution < -0.4 is 10.6 Å². The number of benzene rings is 1. The molecule has 1 amide bonds. The van der Waals surface area contributed by atoms with Crippen molar-refractivity contribution < 1.29 is 4.79 Å². The summed E-state index contributed by atoms with van der Waals surface area (Å²) in [6.45, 7) is 1.47. The molecule has 1 heterocycles. The van der Waals surface area contributed by atoms with Crippen LogP contribution in [0.4, 0.5) is 5.69 Å². The van der Waals surface area contributed by atoms with E-state index in [9.17, 15) is 4.79 Å². The van der Waals surface area contributed by atoms with Gasteiger partial charge >= 0.3 is 0 Å². The molecule has 0 aromatic heterocycles. The maximum absolute atomic E-state index is 12.2. The third kappa shape index (κ3) is 1.65. The number of amides is 1. The van der Waals surface area contributed by atoms with Crippen LogP contribution in [0.5, 0.6) is 0 Å². The monoisotopic (exact) mass is 230 g/mol. The van der Waals surface area contributed by atoms with Crippen LogP contribution in [-0.2, 0) is 10.2 Å². The van der Waals surface area contributed by atoms with Gasteiger partial charge in [-0.05, 0) is 37.4 Å². The molecule has 1 aromatic carbocycles. The third-order valence-corrected chi connectivity index (χ3v) is 3.98. The predicted octanol–water partition coefficient (Wildman–Crippen LogP) is 1.80. The molecule has 3 heteroatoms. The van der Waals surface area contributed by atoms with Crippen molar-refractivity contribution in [3.63, 3.8) is 0 Å². The first-order valence-corrected chi connectivity index (χ1v) is 6.37. The lowest BCUT2D eigenvalue weighted by Crippen LogP contribution is -2.31. The normalized spacial score (nSPS) is 19.5. The van der Waals surface area contributed by atoms with Crippen molar-refractivity contribution in [3.05, 3.63) is 29.8 Å². The standard InChI is InChI=1S/C14H18N2O/c15-9-3-6-13(17)16-10-14(7-8-14)11-4-1-2-5-12(11)16/h1-2,4-5H,3,6-10,15H2. The summed E-state index contributed by atoms with van der Waals surface area (Å²) >= 11 is 0. The van der Waals surface area contributed by atoms with Gasteiger partial charge < -0.3 is 10.6 Å². The number of rotatable bonds is 3. The zero-order chi connectivity index (χ0) is 11.9.